The highest BCUT2D eigenvalue weighted by atomic mass is 19.4. The van der Waals surface area contributed by atoms with Crippen molar-refractivity contribution in [2.45, 2.75) is 45.8 Å². The molecule has 0 aliphatic rings. The molecule has 0 heterocycles. The summed E-state index contributed by atoms with van der Waals surface area (Å²) >= 11 is 0. The van der Waals surface area contributed by atoms with E-state index in [1.54, 1.807) is 26.0 Å². The number of aryl methyl sites for hydroxylation is 2. The molecule has 0 aliphatic heterocycles. The van der Waals surface area contributed by atoms with Crippen LogP contribution in [-0.4, -0.2) is 5.91 Å². The maximum atomic E-state index is 13.7. The van der Waals surface area contributed by atoms with E-state index in [1.807, 2.05) is 6.92 Å². The summed E-state index contributed by atoms with van der Waals surface area (Å²) in [5, 5.41) is 2.73. The topological polar surface area (TPSA) is 29.1 Å². The van der Waals surface area contributed by atoms with Gasteiger partial charge in [-0.3, -0.25) is 4.79 Å². The molecular formula is C22H23F4NO. The fourth-order valence-corrected chi connectivity index (χ4v) is 2.82. The van der Waals surface area contributed by atoms with E-state index in [4.69, 9.17) is 0 Å². The van der Waals surface area contributed by atoms with Gasteiger partial charge in [0.05, 0.1) is 11.6 Å². The minimum atomic E-state index is -4.40. The van der Waals surface area contributed by atoms with Crippen molar-refractivity contribution < 1.29 is 22.4 Å². The second kappa shape index (κ2) is 9.04. The van der Waals surface area contributed by atoms with Crippen LogP contribution in [-0.2, 0) is 17.4 Å². The van der Waals surface area contributed by atoms with Crippen LogP contribution >= 0.6 is 0 Å². The lowest BCUT2D eigenvalue weighted by atomic mass is 9.99. The van der Waals surface area contributed by atoms with E-state index in [2.05, 4.69) is 5.32 Å². The average molecular weight is 393 g/mol. The maximum absolute atomic E-state index is 13.7. The third-order valence-electron chi connectivity index (χ3n) is 4.46. The van der Waals surface area contributed by atoms with Gasteiger partial charge < -0.3 is 5.32 Å². The zero-order valence-corrected chi connectivity index (χ0v) is 16.0. The highest BCUT2D eigenvalue weighted by molar-refractivity contribution is 5.92. The maximum Gasteiger partial charge on any atom is 0.416 e. The van der Waals surface area contributed by atoms with Gasteiger partial charge in [0, 0.05) is 6.08 Å². The van der Waals surface area contributed by atoms with Gasteiger partial charge in [0.1, 0.15) is 5.82 Å². The quantitative estimate of drug-likeness (QED) is 0.474. The second-order valence-corrected chi connectivity index (χ2v) is 6.73. The van der Waals surface area contributed by atoms with Crippen molar-refractivity contribution in [3.05, 3.63) is 76.1 Å². The lowest BCUT2D eigenvalue weighted by molar-refractivity contribution is -0.137. The Morgan fingerprint density at radius 1 is 1.18 bits per heavy atom. The largest absolute Gasteiger partial charge is 0.416 e. The first-order chi connectivity index (χ1) is 13.1. The molecular weight excluding hydrogens is 370 g/mol. The van der Waals surface area contributed by atoms with Crippen molar-refractivity contribution in [1.29, 1.82) is 0 Å². The van der Waals surface area contributed by atoms with E-state index in [0.717, 1.165) is 12.1 Å². The second-order valence-electron chi connectivity index (χ2n) is 6.73. The molecule has 0 aromatic heterocycles. The Bertz CT molecular complexity index is 871. The molecule has 2 aromatic carbocycles. The predicted octanol–water partition coefficient (Wildman–Crippen LogP) is 6.00. The number of benzene rings is 2. The summed E-state index contributed by atoms with van der Waals surface area (Å²) < 4.78 is 52.4. The van der Waals surface area contributed by atoms with E-state index >= 15 is 0 Å². The van der Waals surface area contributed by atoms with E-state index in [0.29, 0.717) is 35.1 Å². The number of carbonyl (C=O) groups is 1. The fourth-order valence-electron chi connectivity index (χ4n) is 2.82. The van der Waals surface area contributed by atoms with Crippen LogP contribution < -0.4 is 5.32 Å². The predicted molar refractivity (Wildman–Crippen MR) is 102 cm³/mol. The van der Waals surface area contributed by atoms with Crippen molar-refractivity contribution in [2.75, 3.05) is 0 Å². The monoisotopic (exact) mass is 393 g/mol. The summed E-state index contributed by atoms with van der Waals surface area (Å²) in [4.78, 5) is 12.2. The number of hydrogen-bond acceptors (Lipinski definition) is 1. The normalized spacial score (nSPS) is 13.0. The molecule has 0 saturated carbocycles. The van der Waals surface area contributed by atoms with Gasteiger partial charge >= 0.3 is 6.18 Å². The van der Waals surface area contributed by atoms with Gasteiger partial charge in [-0.2, -0.15) is 13.2 Å². The number of amides is 1. The van der Waals surface area contributed by atoms with Gasteiger partial charge in [0.15, 0.2) is 0 Å². The van der Waals surface area contributed by atoms with Crippen LogP contribution in [0.2, 0.25) is 0 Å². The summed E-state index contributed by atoms with van der Waals surface area (Å²) in [5.74, 6) is -0.751. The molecule has 0 unspecified atom stereocenters. The summed E-state index contributed by atoms with van der Waals surface area (Å²) in [6.07, 6.45) is -0.457. The minimum absolute atomic E-state index is 0.344. The van der Waals surface area contributed by atoms with Gasteiger partial charge in [0.2, 0.25) is 5.91 Å². The highest BCUT2D eigenvalue weighted by Crippen LogP contribution is 2.31. The van der Waals surface area contributed by atoms with Crippen LogP contribution in [0, 0.1) is 12.7 Å². The third-order valence-corrected chi connectivity index (χ3v) is 4.46. The van der Waals surface area contributed by atoms with Gasteiger partial charge in [-0.25, -0.2) is 4.39 Å². The summed E-state index contributed by atoms with van der Waals surface area (Å²) in [6, 6.07) is 7.85. The van der Waals surface area contributed by atoms with E-state index < -0.39 is 23.7 Å². The molecule has 6 heteroatoms. The van der Waals surface area contributed by atoms with Crippen molar-refractivity contribution in [2.24, 2.45) is 0 Å². The Hall–Kier alpha value is -2.63. The Kier molecular flexibility index (Phi) is 7.00. The molecule has 0 radical (unpaired) electrons. The van der Waals surface area contributed by atoms with Gasteiger partial charge in [0.25, 0.3) is 0 Å². The van der Waals surface area contributed by atoms with E-state index in [1.165, 1.54) is 24.3 Å². The SMILES string of the molecule is CCCc1cc(C(F)(F)F)ccc1/C=C/C(=O)N[C@H](C)c1ccc(C)c(F)c1. The minimum Gasteiger partial charge on any atom is -0.346 e. The number of halogens is 4. The zero-order chi connectivity index (χ0) is 20.9. The molecule has 0 fully saturated rings. The summed E-state index contributed by atoms with van der Waals surface area (Å²) in [6.45, 7) is 5.27. The molecule has 150 valence electrons. The Balaban J connectivity index is 2.13. The van der Waals surface area contributed by atoms with Crippen molar-refractivity contribution in [1.82, 2.24) is 5.32 Å². The van der Waals surface area contributed by atoms with Gasteiger partial charge in [-0.15, -0.1) is 0 Å². The summed E-state index contributed by atoms with van der Waals surface area (Å²) in [7, 11) is 0. The Labute approximate surface area is 162 Å². The Morgan fingerprint density at radius 3 is 2.50 bits per heavy atom. The number of carbonyl (C=O) groups excluding carboxylic acids is 1. The molecule has 0 bridgehead atoms. The lowest BCUT2D eigenvalue weighted by Gasteiger charge is -2.14. The number of nitrogens with one attached hydrogen (secondary N) is 1. The first kappa shape index (κ1) is 21.7. The van der Waals surface area contributed by atoms with Crippen LogP contribution in [0.3, 0.4) is 0 Å². The van der Waals surface area contributed by atoms with Crippen LogP contribution in [0.1, 0.15) is 54.1 Å². The summed E-state index contributed by atoms with van der Waals surface area (Å²) in [5.41, 5.74) is 1.56. The number of rotatable bonds is 6. The molecule has 0 aliphatic carbocycles. The smallest absolute Gasteiger partial charge is 0.346 e. The van der Waals surface area contributed by atoms with Crippen molar-refractivity contribution in [3.63, 3.8) is 0 Å². The van der Waals surface area contributed by atoms with Crippen LogP contribution in [0.5, 0.6) is 0 Å². The fraction of sp³-hybridized carbons (Fsp3) is 0.318. The molecule has 0 spiro atoms. The zero-order valence-electron chi connectivity index (χ0n) is 16.0. The first-order valence-corrected chi connectivity index (χ1v) is 9.06. The third kappa shape index (κ3) is 5.68. The van der Waals surface area contributed by atoms with Crippen LogP contribution in [0.25, 0.3) is 6.08 Å². The first-order valence-electron chi connectivity index (χ1n) is 9.06. The molecule has 28 heavy (non-hydrogen) atoms. The van der Waals surface area contributed by atoms with Crippen molar-refractivity contribution >= 4 is 12.0 Å². The molecule has 1 amide bonds. The van der Waals surface area contributed by atoms with Gasteiger partial charge in [-0.1, -0.05) is 31.5 Å². The van der Waals surface area contributed by atoms with E-state index in [-0.39, 0.29) is 5.82 Å². The van der Waals surface area contributed by atoms with E-state index in [9.17, 15) is 22.4 Å². The molecule has 2 aromatic rings. The van der Waals surface area contributed by atoms with Gasteiger partial charge in [-0.05, 0) is 66.8 Å². The van der Waals surface area contributed by atoms with Crippen LogP contribution in [0.15, 0.2) is 42.5 Å². The molecule has 0 saturated heterocycles. The van der Waals surface area contributed by atoms with Crippen LogP contribution in [0.4, 0.5) is 17.6 Å². The Morgan fingerprint density at radius 2 is 1.89 bits per heavy atom. The standard InChI is InChI=1S/C22H23F4NO/c1-4-5-18-12-19(22(24,25)26)10-8-16(18)9-11-21(28)27-15(3)17-7-6-14(2)20(23)13-17/h6-13,15H,4-5H2,1-3H3,(H,27,28)/b11-9+/t15-/m1/s1. The molecule has 2 rings (SSSR count). The average Bonchev–Trinajstić information content (AvgIpc) is 2.62. The molecule has 1 N–H and O–H groups in total. The number of alkyl halides is 3. The number of hydrogen-bond donors (Lipinski definition) is 1. The van der Waals surface area contributed by atoms with Crippen molar-refractivity contribution in [3.8, 4) is 0 Å². The highest BCUT2D eigenvalue weighted by Gasteiger charge is 2.30. The molecule has 1 atom stereocenters. The lowest BCUT2D eigenvalue weighted by Crippen LogP contribution is -2.24. The molecule has 2 nitrogen and oxygen atoms in total.